The first kappa shape index (κ1) is 10.4. The molecule has 78 valence electrons. The highest BCUT2D eigenvalue weighted by atomic mass is 127. The van der Waals surface area contributed by atoms with Crippen LogP contribution in [0.5, 0.6) is 5.75 Å². The van der Waals surface area contributed by atoms with Gasteiger partial charge in [-0.2, -0.15) is 5.10 Å². The number of ether oxygens (including phenoxy) is 1. The predicted octanol–water partition coefficient (Wildman–Crippen LogP) is 2.01. The molecule has 0 spiro atoms. The second-order valence-electron chi connectivity index (χ2n) is 3.08. The molecule has 5 heteroatoms. The zero-order chi connectivity index (χ0) is 10.7. The summed E-state index contributed by atoms with van der Waals surface area (Å²) in [5.41, 5.74) is 1.19. The van der Waals surface area contributed by atoms with Gasteiger partial charge < -0.3 is 4.74 Å². The number of aromatic amines is 1. The number of halogens is 1. The van der Waals surface area contributed by atoms with E-state index < -0.39 is 0 Å². The Morgan fingerprint density at radius 2 is 2.33 bits per heavy atom. The molecule has 0 bridgehead atoms. The van der Waals surface area contributed by atoms with Gasteiger partial charge in [-0.15, -0.1) is 0 Å². The Kier molecular flexibility index (Phi) is 3.20. The molecule has 1 aromatic heterocycles. The molecule has 0 amide bonds. The summed E-state index contributed by atoms with van der Waals surface area (Å²) in [5, 5.41) is 6.65. The van der Waals surface area contributed by atoms with Gasteiger partial charge in [0.1, 0.15) is 17.9 Å². The zero-order valence-corrected chi connectivity index (χ0v) is 10.4. The second-order valence-corrected chi connectivity index (χ2v) is 4.24. The molecule has 15 heavy (non-hydrogen) atoms. The molecule has 0 radical (unpaired) electrons. The van der Waals surface area contributed by atoms with Gasteiger partial charge in [-0.25, -0.2) is 4.98 Å². The van der Waals surface area contributed by atoms with Gasteiger partial charge in [0.15, 0.2) is 0 Å². The van der Waals surface area contributed by atoms with Crippen molar-refractivity contribution in [1.29, 1.82) is 0 Å². The van der Waals surface area contributed by atoms with Crippen molar-refractivity contribution in [3.63, 3.8) is 0 Å². The maximum absolute atomic E-state index is 5.19. The smallest absolute Gasteiger partial charge is 0.137 e. The van der Waals surface area contributed by atoms with Crippen LogP contribution in [0, 0.1) is 3.57 Å². The Morgan fingerprint density at radius 1 is 1.47 bits per heavy atom. The summed E-state index contributed by atoms with van der Waals surface area (Å²) in [6, 6.07) is 6.08. The molecule has 0 fully saturated rings. The van der Waals surface area contributed by atoms with Crippen molar-refractivity contribution in [2.45, 2.75) is 6.42 Å². The molecule has 0 unspecified atom stereocenters. The molecule has 1 heterocycles. The van der Waals surface area contributed by atoms with E-state index in [1.165, 1.54) is 11.9 Å². The highest BCUT2D eigenvalue weighted by Gasteiger charge is 2.03. The summed E-state index contributed by atoms with van der Waals surface area (Å²) in [7, 11) is 1.67. The third kappa shape index (κ3) is 2.47. The normalized spacial score (nSPS) is 10.3. The quantitative estimate of drug-likeness (QED) is 0.882. The first-order chi connectivity index (χ1) is 7.29. The average molecular weight is 315 g/mol. The molecule has 4 nitrogen and oxygen atoms in total. The Balaban J connectivity index is 2.20. The van der Waals surface area contributed by atoms with E-state index in [1.54, 1.807) is 7.11 Å². The number of hydrogen-bond acceptors (Lipinski definition) is 3. The number of H-pyrrole nitrogens is 1. The highest BCUT2D eigenvalue weighted by molar-refractivity contribution is 14.1. The average Bonchev–Trinajstić information content (AvgIpc) is 2.71. The van der Waals surface area contributed by atoms with Crippen LogP contribution in [0.25, 0.3) is 0 Å². The largest absolute Gasteiger partial charge is 0.496 e. The van der Waals surface area contributed by atoms with Crippen LogP contribution in [-0.2, 0) is 6.42 Å². The lowest BCUT2D eigenvalue weighted by molar-refractivity contribution is 0.411. The van der Waals surface area contributed by atoms with Crippen LogP contribution in [0.3, 0.4) is 0 Å². The number of nitrogens with one attached hydrogen (secondary N) is 1. The van der Waals surface area contributed by atoms with Gasteiger partial charge in [0, 0.05) is 6.42 Å². The molecular formula is C10H10IN3O. The van der Waals surface area contributed by atoms with E-state index >= 15 is 0 Å². The van der Waals surface area contributed by atoms with Gasteiger partial charge in [0.25, 0.3) is 0 Å². The molecule has 0 aliphatic carbocycles. The SMILES string of the molecule is COc1ccc(Cc2ncn[nH]2)cc1I. The minimum atomic E-state index is 0.764. The summed E-state index contributed by atoms with van der Waals surface area (Å²) < 4.78 is 6.30. The molecule has 1 aromatic carbocycles. The third-order valence-corrected chi connectivity index (χ3v) is 2.90. The molecular weight excluding hydrogens is 305 g/mol. The van der Waals surface area contributed by atoms with Crippen LogP contribution in [0.2, 0.25) is 0 Å². The maximum Gasteiger partial charge on any atom is 0.137 e. The van der Waals surface area contributed by atoms with Crippen LogP contribution in [-0.4, -0.2) is 22.3 Å². The first-order valence-electron chi connectivity index (χ1n) is 4.46. The Bertz CT molecular complexity index is 442. The van der Waals surface area contributed by atoms with Gasteiger partial charge in [-0.1, -0.05) is 6.07 Å². The molecule has 0 saturated heterocycles. The molecule has 1 N–H and O–H groups in total. The van der Waals surface area contributed by atoms with Gasteiger partial charge in [0.2, 0.25) is 0 Å². The van der Waals surface area contributed by atoms with Crippen molar-refractivity contribution in [2.75, 3.05) is 7.11 Å². The van der Waals surface area contributed by atoms with Crippen molar-refractivity contribution in [3.05, 3.63) is 39.5 Å². The van der Waals surface area contributed by atoms with Gasteiger partial charge >= 0.3 is 0 Å². The Hall–Kier alpha value is -1.11. The molecule has 2 aromatic rings. The monoisotopic (exact) mass is 315 g/mol. The van der Waals surface area contributed by atoms with Crippen LogP contribution in [0.15, 0.2) is 24.5 Å². The number of aromatic nitrogens is 3. The summed E-state index contributed by atoms with van der Waals surface area (Å²) in [6.07, 6.45) is 2.28. The number of methoxy groups -OCH3 is 1. The fourth-order valence-electron chi connectivity index (χ4n) is 1.33. The van der Waals surface area contributed by atoms with Crippen LogP contribution in [0.1, 0.15) is 11.4 Å². The maximum atomic E-state index is 5.19. The van der Waals surface area contributed by atoms with E-state index in [-0.39, 0.29) is 0 Å². The number of hydrogen-bond donors (Lipinski definition) is 1. The van der Waals surface area contributed by atoms with E-state index in [0.717, 1.165) is 21.6 Å². The molecule has 0 saturated carbocycles. The Labute approximate surface area is 101 Å². The summed E-state index contributed by atoms with van der Waals surface area (Å²) in [6.45, 7) is 0. The van der Waals surface area contributed by atoms with Crippen molar-refractivity contribution in [2.24, 2.45) is 0 Å². The van der Waals surface area contributed by atoms with Crippen LogP contribution in [0.4, 0.5) is 0 Å². The number of benzene rings is 1. The zero-order valence-electron chi connectivity index (χ0n) is 8.20. The fraction of sp³-hybridized carbons (Fsp3) is 0.200. The summed E-state index contributed by atoms with van der Waals surface area (Å²) in [5.74, 6) is 1.77. The highest BCUT2D eigenvalue weighted by Crippen LogP contribution is 2.22. The van der Waals surface area contributed by atoms with E-state index in [1.807, 2.05) is 12.1 Å². The van der Waals surface area contributed by atoms with Gasteiger partial charge in [0.05, 0.1) is 10.7 Å². The van der Waals surface area contributed by atoms with Crippen molar-refractivity contribution < 1.29 is 4.74 Å². The molecule has 0 atom stereocenters. The van der Waals surface area contributed by atoms with E-state index in [4.69, 9.17) is 4.74 Å². The molecule has 0 aliphatic rings. The van der Waals surface area contributed by atoms with Crippen molar-refractivity contribution in [3.8, 4) is 5.75 Å². The lowest BCUT2D eigenvalue weighted by Gasteiger charge is -2.04. The number of nitrogens with zero attached hydrogens (tertiary/aromatic N) is 2. The fourth-order valence-corrected chi connectivity index (χ4v) is 2.13. The molecule has 2 rings (SSSR count). The lowest BCUT2D eigenvalue weighted by Crippen LogP contribution is -1.93. The minimum Gasteiger partial charge on any atom is -0.496 e. The summed E-state index contributed by atoms with van der Waals surface area (Å²) in [4.78, 5) is 4.08. The van der Waals surface area contributed by atoms with Crippen molar-refractivity contribution in [1.82, 2.24) is 15.2 Å². The van der Waals surface area contributed by atoms with E-state index in [9.17, 15) is 0 Å². The third-order valence-electron chi connectivity index (χ3n) is 2.05. The van der Waals surface area contributed by atoms with Crippen LogP contribution < -0.4 is 4.74 Å². The van der Waals surface area contributed by atoms with E-state index in [2.05, 4.69) is 43.8 Å². The number of rotatable bonds is 3. The minimum absolute atomic E-state index is 0.764. The second kappa shape index (κ2) is 4.61. The van der Waals surface area contributed by atoms with Gasteiger partial charge in [-0.3, -0.25) is 5.10 Å². The Morgan fingerprint density at radius 3 is 2.93 bits per heavy atom. The van der Waals surface area contributed by atoms with Gasteiger partial charge in [-0.05, 0) is 40.3 Å². The predicted molar refractivity (Wildman–Crippen MR) is 64.9 cm³/mol. The topological polar surface area (TPSA) is 50.8 Å². The first-order valence-corrected chi connectivity index (χ1v) is 5.54. The van der Waals surface area contributed by atoms with E-state index in [0.29, 0.717) is 0 Å². The lowest BCUT2D eigenvalue weighted by atomic mass is 10.1. The van der Waals surface area contributed by atoms with Crippen LogP contribution >= 0.6 is 22.6 Å². The van der Waals surface area contributed by atoms with Crippen molar-refractivity contribution >= 4 is 22.6 Å². The standard InChI is InChI=1S/C10H10IN3O/c1-15-9-3-2-7(4-8(9)11)5-10-12-6-13-14-10/h2-4,6H,5H2,1H3,(H,12,13,14). The summed E-state index contributed by atoms with van der Waals surface area (Å²) >= 11 is 2.26. The molecule has 0 aliphatic heterocycles.